The summed E-state index contributed by atoms with van der Waals surface area (Å²) in [6.07, 6.45) is 3.71. The number of carbonyl (C=O) groups excluding carboxylic acids is 2. The van der Waals surface area contributed by atoms with Crippen molar-refractivity contribution in [1.29, 1.82) is 0 Å². The highest BCUT2D eigenvalue weighted by Crippen LogP contribution is 2.17. The average molecular weight is 368 g/mol. The van der Waals surface area contributed by atoms with E-state index < -0.39 is 0 Å². The van der Waals surface area contributed by atoms with Crippen LogP contribution in [0.25, 0.3) is 0 Å². The minimum absolute atomic E-state index is 0.0684. The van der Waals surface area contributed by atoms with Gasteiger partial charge in [-0.05, 0) is 25.0 Å². The fourth-order valence-electron chi connectivity index (χ4n) is 4.16. The highest BCUT2D eigenvalue weighted by Gasteiger charge is 2.38. The van der Waals surface area contributed by atoms with Crippen molar-refractivity contribution in [3.05, 3.63) is 60.1 Å². The number of amides is 2. The Morgan fingerprint density at radius 2 is 1.59 bits per heavy atom. The maximum atomic E-state index is 13.3. The molecule has 0 bridgehead atoms. The number of nitrogens with one attached hydrogen (secondary N) is 1. The van der Waals surface area contributed by atoms with Gasteiger partial charge < -0.3 is 19.1 Å². The second kappa shape index (κ2) is 7.96. The molecule has 2 aliphatic rings. The first-order valence-electron chi connectivity index (χ1n) is 9.75. The molecule has 6 heteroatoms. The molecule has 1 aromatic heterocycles. The third-order valence-corrected chi connectivity index (χ3v) is 5.63. The molecule has 142 valence electrons. The number of furan rings is 1. The summed E-state index contributed by atoms with van der Waals surface area (Å²) >= 11 is 0. The molecule has 27 heavy (non-hydrogen) atoms. The molecule has 6 nitrogen and oxygen atoms in total. The first-order chi connectivity index (χ1) is 13.2. The van der Waals surface area contributed by atoms with Gasteiger partial charge in [-0.15, -0.1) is 0 Å². The van der Waals surface area contributed by atoms with Crippen molar-refractivity contribution in [3.63, 3.8) is 0 Å². The maximum Gasteiger partial charge on any atom is 0.289 e. The number of likely N-dealkylation sites (tertiary alicyclic amines) is 1. The van der Waals surface area contributed by atoms with Crippen LogP contribution in [-0.2, 0) is 4.79 Å². The molecule has 1 aromatic carbocycles. The summed E-state index contributed by atoms with van der Waals surface area (Å²) in [5.41, 5.74) is 1.07. The normalized spacial score (nSPS) is 19.3. The van der Waals surface area contributed by atoms with E-state index in [-0.39, 0.29) is 17.9 Å². The van der Waals surface area contributed by atoms with E-state index in [0.717, 1.165) is 44.6 Å². The molecule has 2 saturated heterocycles. The highest BCUT2D eigenvalue weighted by molar-refractivity contribution is 5.91. The lowest BCUT2D eigenvalue weighted by Gasteiger charge is -2.37. The van der Waals surface area contributed by atoms with Crippen LogP contribution in [0.15, 0.2) is 53.1 Å². The van der Waals surface area contributed by atoms with Gasteiger partial charge in [-0.25, -0.2) is 0 Å². The molecule has 4 rings (SSSR count). The van der Waals surface area contributed by atoms with Gasteiger partial charge in [-0.1, -0.05) is 30.3 Å². The molecule has 0 saturated carbocycles. The van der Waals surface area contributed by atoms with E-state index in [4.69, 9.17) is 4.42 Å². The van der Waals surface area contributed by atoms with Crippen LogP contribution in [0, 0.1) is 0 Å². The van der Waals surface area contributed by atoms with Crippen LogP contribution in [0.3, 0.4) is 0 Å². The predicted octanol–water partition coefficient (Wildman–Crippen LogP) is 0.984. The Hall–Kier alpha value is -2.60. The molecule has 2 aromatic rings. The monoisotopic (exact) mass is 368 g/mol. The summed E-state index contributed by atoms with van der Waals surface area (Å²) < 4.78 is 5.24. The van der Waals surface area contributed by atoms with Gasteiger partial charge >= 0.3 is 0 Å². The molecule has 1 N–H and O–H groups in total. The van der Waals surface area contributed by atoms with Gasteiger partial charge in [0.1, 0.15) is 0 Å². The fraction of sp³-hybridized carbons (Fsp3) is 0.429. The van der Waals surface area contributed by atoms with Gasteiger partial charge in [-0.2, -0.15) is 0 Å². The Morgan fingerprint density at radius 3 is 2.22 bits per heavy atom. The van der Waals surface area contributed by atoms with Crippen LogP contribution in [0.4, 0.5) is 0 Å². The van der Waals surface area contributed by atoms with Crippen molar-refractivity contribution < 1.29 is 18.9 Å². The number of hydrogen-bond acceptors (Lipinski definition) is 3. The van der Waals surface area contributed by atoms with Crippen LogP contribution in [0.2, 0.25) is 0 Å². The summed E-state index contributed by atoms with van der Waals surface area (Å²) in [5, 5.41) is 0. The van der Waals surface area contributed by atoms with E-state index in [0.29, 0.717) is 18.8 Å². The standard InChI is InChI=1S/C21H25N3O3/c25-20(18-9-6-16-27-18)24-14-12-22(13-15-24)19(17-7-2-1-3-8-17)21(26)23-10-4-5-11-23/h1-3,6-9,16,19H,4-5,10-15H2/p+1/t19-/m1/s1. The topological polar surface area (TPSA) is 58.2 Å². The zero-order valence-corrected chi connectivity index (χ0v) is 15.5. The number of rotatable bonds is 4. The third-order valence-electron chi connectivity index (χ3n) is 5.63. The van der Waals surface area contributed by atoms with Crippen molar-refractivity contribution in [2.24, 2.45) is 0 Å². The van der Waals surface area contributed by atoms with Crippen LogP contribution in [-0.4, -0.2) is 60.9 Å². The lowest BCUT2D eigenvalue weighted by atomic mass is 10.0. The summed E-state index contributed by atoms with van der Waals surface area (Å²) in [4.78, 5) is 30.8. The molecular formula is C21H26N3O3+. The van der Waals surface area contributed by atoms with Gasteiger partial charge in [0.05, 0.1) is 32.4 Å². The number of nitrogens with zero attached hydrogens (tertiary/aromatic N) is 2. The van der Waals surface area contributed by atoms with Crippen LogP contribution in [0.1, 0.15) is 35.0 Å². The summed E-state index contributed by atoms with van der Waals surface area (Å²) in [7, 11) is 0. The lowest BCUT2D eigenvalue weighted by molar-refractivity contribution is -0.926. The van der Waals surface area contributed by atoms with Gasteiger partial charge in [0.2, 0.25) is 0 Å². The molecule has 2 fully saturated rings. The minimum Gasteiger partial charge on any atom is -0.459 e. The smallest absolute Gasteiger partial charge is 0.289 e. The van der Waals surface area contributed by atoms with Crippen LogP contribution >= 0.6 is 0 Å². The molecule has 1 atom stereocenters. The van der Waals surface area contributed by atoms with Gasteiger partial charge in [0, 0.05) is 18.7 Å². The molecule has 0 aliphatic carbocycles. The molecule has 0 unspecified atom stereocenters. The third kappa shape index (κ3) is 3.76. The van der Waals surface area contributed by atoms with Crippen molar-refractivity contribution in [3.8, 4) is 0 Å². The Bertz CT molecular complexity index is 761. The SMILES string of the molecule is O=C(c1ccco1)N1CC[NH+]([C@@H](C(=O)N2CCCC2)c2ccccc2)CC1. The Morgan fingerprint density at radius 1 is 0.889 bits per heavy atom. The number of hydrogen-bond donors (Lipinski definition) is 1. The zero-order chi connectivity index (χ0) is 18.6. The van der Waals surface area contributed by atoms with E-state index in [1.807, 2.05) is 40.1 Å². The lowest BCUT2D eigenvalue weighted by Crippen LogP contribution is -3.16. The molecule has 3 heterocycles. The van der Waals surface area contributed by atoms with Gasteiger partial charge in [0.25, 0.3) is 11.8 Å². The van der Waals surface area contributed by atoms with E-state index in [2.05, 4.69) is 0 Å². The van der Waals surface area contributed by atoms with Crippen molar-refractivity contribution in [1.82, 2.24) is 9.80 Å². The second-order valence-electron chi connectivity index (χ2n) is 7.30. The highest BCUT2D eigenvalue weighted by atomic mass is 16.3. The zero-order valence-electron chi connectivity index (χ0n) is 15.5. The van der Waals surface area contributed by atoms with Gasteiger partial charge in [0.15, 0.2) is 11.8 Å². The van der Waals surface area contributed by atoms with Crippen LogP contribution < -0.4 is 4.90 Å². The Labute approximate surface area is 159 Å². The summed E-state index contributed by atoms with van der Waals surface area (Å²) in [5.74, 6) is 0.534. The fourth-order valence-corrected chi connectivity index (χ4v) is 4.16. The van der Waals surface area contributed by atoms with Crippen molar-refractivity contribution >= 4 is 11.8 Å². The predicted molar refractivity (Wildman–Crippen MR) is 100 cm³/mol. The van der Waals surface area contributed by atoms with E-state index in [1.54, 1.807) is 12.1 Å². The minimum atomic E-state index is -0.190. The average Bonchev–Trinajstić information content (AvgIpc) is 3.43. The molecular weight excluding hydrogens is 342 g/mol. The first-order valence-corrected chi connectivity index (χ1v) is 9.75. The maximum absolute atomic E-state index is 13.3. The van der Waals surface area contributed by atoms with E-state index >= 15 is 0 Å². The van der Waals surface area contributed by atoms with Crippen molar-refractivity contribution in [2.75, 3.05) is 39.3 Å². The number of benzene rings is 1. The summed E-state index contributed by atoms with van der Waals surface area (Å²) in [6.45, 7) is 4.49. The molecule has 2 amide bonds. The number of piperazine rings is 1. The number of carbonyl (C=O) groups is 2. The molecule has 2 aliphatic heterocycles. The number of quaternary nitrogens is 1. The molecule has 0 spiro atoms. The van der Waals surface area contributed by atoms with E-state index in [9.17, 15) is 9.59 Å². The van der Waals surface area contributed by atoms with Crippen molar-refractivity contribution in [2.45, 2.75) is 18.9 Å². The summed E-state index contributed by atoms with van der Waals surface area (Å²) in [6, 6.07) is 13.3. The second-order valence-corrected chi connectivity index (χ2v) is 7.30. The molecule has 0 radical (unpaired) electrons. The Balaban J connectivity index is 1.48. The van der Waals surface area contributed by atoms with E-state index in [1.165, 1.54) is 11.2 Å². The quantitative estimate of drug-likeness (QED) is 0.875. The Kier molecular flexibility index (Phi) is 5.25. The largest absolute Gasteiger partial charge is 0.459 e. The van der Waals surface area contributed by atoms with Crippen LogP contribution in [0.5, 0.6) is 0 Å². The first kappa shape index (κ1) is 17.8. The van der Waals surface area contributed by atoms with Gasteiger partial charge in [-0.3, -0.25) is 9.59 Å².